The van der Waals surface area contributed by atoms with E-state index in [-0.39, 0.29) is 22.0 Å². The van der Waals surface area contributed by atoms with Gasteiger partial charge in [0.2, 0.25) is 0 Å². The quantitative estimate of drug-likeness (QED) is 0.240. The van der Waals surface area contributed by atoms with E-state index in [9.17, 15) is 24.2 Å². The zero-order valence-electron chi connectivity index (χ0n) is 18.5. The molecule has 2 aliphatic rings. The summed E-state index contributed by atoms with van der Waals surface area (Å²) in [5.74, 6) is -1.70. The minimum atomic E-state index is -1.04. The lowest BCUT2D eigenvalue weighted by Crippen LogP contribution is -2.29. The van der Waals surface area contributed by atoms with Crippen molar-refractivity contribution in [2.45, 2.75) is 6.04 Å². The van der Waals surface area contributed by atoms with Crippen LogP contribution < -0.4 is 14.4 Å². The number of hydrogen-bond donors (Lipinski definition) is 2. The Balaban J connectivity index is 1.54. The number of anilines is 1. The topological polar surface area (TPSA) is 109 Å². The van der Waals surface area contributed by atoms with Gasteiger partial charge in [-0.1, -0.05) is 23.5 Å². The lowest BCUT2D eigenvalue weighted by molar-refractivity contribution is -0.132. The molecule has 4 aromatic rings. The van der Waals surface area contributed by atoms with Gasteiger partial charge in [0.1, 0.15) is 30.5 Å². The van der Waals surface area contributed by atoms with Gasteiger partial charge >= 0.3 is 5.91 Å². The smallest absolute Gasteiger partial charge is 0.301 e. The third-order valence-electron chi connectivity index (χ3n) is 6.01. The lowest BCUT2D eigenvalue weighted by Gasteiger charge is -2.23. The highest BCUT2D eigenvalue weighted by Crippen LogP contribution is 2.45. The molecule has 0 aliphatic carbocycles. The molecule has 1 atom stereocenters. The first-order valence-electron chi connectivity index (χ1n) is 11.0. The highest BCUT2D eigenvalue weighted by molar-refractivity contribution is 7.22. The number of aliphatic hydroxyl groups is 1. The molecule has 2 N–H and O–H groups in total. The zero-order valence-corrected chi connectivity index (χ0v) is 19.3. The Hall–Kier alpha value is -4.44. The Bertz CT molecular complexity index is 1580. The fourth-order valence-corrected chi connectivity index (χ4v) is 5.35. The Labute approximate surface area is 207 Å². The number of carbonyl (C=O) groups excluding carboxylic acids is 2. The maximum Gasteiger partial charge on any atom is 0.301 e. The van der Waals surface area contributed by atoms with Crippen molar-refractivity contribution in [1.82, 2.24) is 4.98 Å². The molecule has 1 amide bonds. The van der Waals surface area contributed by atoms with Gasteiger partial charge in [0.15, 0.2) is 16.6 Å². The van der Waals surface area contributed by atoms with E-state index in [4.69, 9.17) is 9.47 Å². The molecule has 1 unspecified atom stereocenters. The van der Waals surface area contributed by atoms with E-state index in [0.717, 1.165) is 11.3 Å². The number of amides is 1. The highest BCUT2D eigenvalue weighted by atomic mass is 32.1. The molecule has 10 heteroatoms. The number of aromatic nitrogens is 1. The van der Waals surface area contributed by atoms with Crippen LogP contribution in [0.5, 0.6) is 17.2 Å². The summed E-state index contributed by atoms with van der Waals surface area (Å²) in [6.07, 6.45) is 0. The minimum absolute atomic E-state index is 0.00185. The molecule has 1 aromatic heterocycles. The molecule has 180 valence electrons. The highest BCUT2D eigenvalue weighted by Gasteiger charge is 2.48. The molecule has 36 heavy (non-hydrogen) atoms. The Morgan fingerprint density at radius 2 is 1.75 bits per heavy atom. The Morgan fingerprint density at radius 3 is 2.53 bits per heavy atom. The fraction of sp³-hybridized carbons (Fsp3) is 0.115. The van der Waals surface area contributed by atoms with Crippen molar-refractivity contribution < 1.29 is 33.7 Å². The van der Waals surface area contributed by atoms with Gasteiger partial charge < -0.3 is 19.7 Å². The average molecular weight is 504 g/mol. The van der Waals surface area contributed by atoms with Gasteiger partial charge in [0, 0.05) is 5.56 Å². The number of ketones is 1. The van der Waals surface area contributed by atoms with Gasteiger partial charge in [-0.15, -0.1) is 0 Å². The number of halogens is 1. The van der Waals surface area contributed by atoms with Gasteiger partial charge in [-0.2, -0.15) is 0 Å². The number of Topliss-reactive ketones (excluding diaryl/α,β-unsaturated/α-hetero) is 1. The molecular weight excluding hydrogens is 487 g/mol. The molecule has 0 radical (unpaired) electrons. The van der Waals surface area contributed by atoms with Gasteiger partial charge in [0.25, 0.3) is 5.78 Å². The van der Waals surface area contributed by atoms with Crippen molar-refractivity contribution in [3.8, 4) is 17.2 Å². The largest absolute Gasteiger partial charge is 0.508 e. The SMILES string of the molecule is O=C1C(=O)N(c2nc3ccc(F)cc3s2)C(c2ccc(O)cc2)C1=C(O)c1ccc2c(c1)OCCO2. The van der Waals surface area contributed by atoms with E-state index in [1.54, 1.807) is 30.3 Å². The summed E-state index contributed by atoms with van der Waals surface area (Å²) in [4.78, 5) is 32.3. The number of carbonyl (C=O) groups is 2. The van der Waals surface area contributed by atoms with Crippen LogP contribution in [0.3, 0.4) is 0 Å². The molecule has 2 aliphatic heterocycles. The first kappa shape index (κ1) is 22.1. The first-order chi connectivity index (χ1) is 17.4. The van der Waals surface area contributed by atoms with Crippen LogP contribution in [0.2, 0.25) is 0 Å². The number of benzene rings is 3. The van der Waals surface area contributed by atoms with Crippen LogP contribution in [0.15, 0.2) is 66.2 Å². The number of ether oxygens (including phenoxy) is 2. The maximum absolute atomic E-state index is 13.8. The Kier molecular flexibility index (Phi) is 5.11. The van der Waals surface area contributed by atoms with Gasteiger partial charge in [-0.3, -0.25) is 14.5 Å². The van der Waals surface area contributed by atoms with E-state index in [0.29, 0.717) is 40.5 Å². The summed E-state index contributed by atoms with van der Waals surface area (Å²) in [7, 11) is 0. The number of nitrogens with zero attached hydrogens (tertiary/aromatic N) is 2. The standard InChI is InChI=1S/C26H17FN2O6S/c27-15-4-7-17-20(12-15)36-26(28-17)29-22(13-1-5-16(30)6-2-13)21(24(32)25(29)33)23(31)14-3-8-18-19(11-14)35-10-9-34-18/h1-8,11-12,22,30-31H,9-10H2. The van der Waals surface area contributed by atoms with Gasteiger partial charge in [0.05, 0.1) is 21.8 Å². The van der Waals surface area contributed by atoms with Crippen molar-refractivity contribution in [3.63, 3.8) is 0 Å². The zero-order chi connectivity index (χ0) is 25.0. The molecular formula is C26H17FN2O6S. The molecule has 3 heterocycles. The van der Waals surface area contributed by atoms with Crippen molar-refractivity contribution >= 4 is 44.1 Å². The second-order valence-corrected chi connectivity index (χ2v) is 9.24. The van der Waals surface area contributed by atoms with E-state index in [1.807, 2.05) is 0 Å². The normalized spacial score (nSPS) is 18.7. The molecule has 1 saturated heterocycles. The van der Waals surface area contributed by atoms with Crippen LogP contribution in [-0.2, 0) is 9.59 Å². The number of fused-ring (bicyclic) bond motifs is 2. The number of thiazole rings is 1. The number of phenolic OH excluding ortho intramolecular Hbond substituents is 1. The van der Waals surface area contributed by atoms with Gasteiger partial charge in [-0.25, -0.2) is 9.37 Å². The minimum Gasteiger partial charge on any atom is -0.508 e. The molecule has 0 saturated carbocycles. The summed E-state index contributed by atoms with van der Waals surface area (Å²) in [6.45, 7) is 0.740. The summed E-state index contributed by atoms with van der Waals surface area (Å²) in [5.41, 5.74) is 1.06. The fourth-order valence-electron chi connectivity index (χ4n) is 4.34. The number of rotatable bonds is 3. The van der Waals surface area contributed by atoms with Crippen LogP contribution in [0.25, 0.3) is 16.0 Å². The predicted molar refractivity (Wildman–Crippen MR) is 130 cm³/mol. The Morgan fingerprint density at radius 1 is 1.00 bits per heavy atom. The number of aromatic hydroxyl groups is 1. The van der Waals surface area contributed by atoms with Crippen molar-refractivity contribution in [2.24, 2.45) is 0 Å². The second kappa shape index (κ2) is 8.35. The van der Waals surface area contributed by atoms with Crippen LogP contribution in [0.4, 0.5) is 9.52 Å². The number of aliphatic hydroxyl groups excluding tert-OH is 1. The molecule has 3 aromatic carbocycles. The van der Waals surface area contributed by atoms with E-state index < -0.39 is 29.3 Å². The van der Waals surface area contributed by atoms with Crippen LogP contribution in [0, 0.1) is 5.82 Å². The van der Waals surface area contributed by atoms with Gasteiger partial charge in [-0.05, 0) is 54.1 Å². The third kappa shape index (κ3) is 3.54. The molecule has 0 spiro atoms. The number of hydrogen-bond acceptors (Lipinski definition) is 8. The summed E-state index contributed by atoms with van der Waals surface area (Å²) in [6, 6.07) is 13.7. The predicted octanol–water partition coefficient (Wildman–Crippen LogP) is 4.54. The summed E-state index contributed by atoms with van der Waals surface area (Å²) in [5, 5.41) is 21.3. The first-order valence-corrected chi connectivity index (χ1v) is 11.8. The average Bonchev–Trinajstić information content (AvgIpc) is 3.41. The monoisotopic (exact) mass is 504 g/mol. The molecule has 8 nitrogen and oxygen atoms in total. The maximum atomic E-state index is 13.8. The van der Waals surface area contributed by atoms with E-state index in [1.165, 1.54) is 35.2 Å². The van der Waals surface area contributed by atoms with E-state index >= 15 is 0 Å². The van der Waals surface area contributed by atoms with Crippen molar-refractivity contribution in [1.29, 1.82) is 0 Å². The number of phenols is 1. The van der Waals surface area contributed by atoms with E-state index in [2.05, 4.69) is 4.98 Å². The van der Waals surface area contributed by atoms with Crippen molar-refractivity contribution in [2.75, 3.05) is 18.1 Å². The summed E-state index contributed by atoms with van der Waals surface area (Å²) >= 11 is 1.06. The summed E-state index contributed by atoms with van der Waals surface area (Å²) < 4.78 is 25.4. The molecule has 1 fully saturated rings. The molecule has 0 bridgehead atoms. The molecule has 6 rings (SSSR count). The van der Waals surface area contributed by atoms with Crippen LogP contribution in [-0.4, -0.2) is 40.1 Å². The van der Waals surface area contributed by atoms with Crippen LogP contribution >= 0.6 is 11.3 Å². The lowest BCUT2D eigenvalue weighted by atomic mass is 9.95. The van der Waals surface area contributed by atoms with Crippen LogP contribution in [0.1, 0.15) is 17.2 Å². The van der Waals surface area contributed by atoms with Crippen molar-refractivity contribution in [3.05, 3.63) is 83.2 Å². The third-order valence-corrected chi connectivity index (χ3v) is 7.03. The second-order valence-electron chi connectivity index (χ2n) is 8.23.